The van der Waals surface area contributed by atoms with E-state index in [9.17, 15) is 22.2 Å². The number of anilines is 1. The highest BCUT2D eigenvalue weighted by Crippen LogP contribution is 2.30. The van der Waals surface area contributed by atoms with Crippen LogP contribution >= 0.6 is 0 Å². The first-order valence-electron chi connectivity index (χ1n) is 10.3. The van der Waals surface area contributed by atoms with Crippen LogP contribution in [0.3, 0.4) is 0 Å². The van der Waals surface area contributed by atoms with E-state index in [1.807, 2.05) is 31.1 Å². The minimum atomic E-state index is -4.45. The Labute approximate surface area is 192 Å². The van der Waals surface area contributed by atoms with Crippen LogP contribution in [0, 0.1) is 0 Å². The lowest BCUT2D eigenvalue weighted by Crippen LogP contribution is -2.24. The Morgan fingerprint density at radius 2 is 1.79 bits per heavy atom. The van der Waals surface area contributed by atoms with Gasteiger partial charge in [-0.3, -0.25) is 9.52 Å². The standard InChI is InChI=1S/C23H25F3N4O2S/c1-30(2)14-4-7-21(31)27-15-18-11-8-16-5-3-6-20(22(16)28-18)29-33(32)19-12-9-17(10-13-19)23(24,25)26/h3,5-6,8-13,29H,4,7,14-15H2,1-2H3,(H,27,31). The molecule has 3 rings (SSSR count). The molecule has 0 saturated carbocycles. The fourth-order valence-electron chi connectivity index (χ4n) is 3.13. The molecule has 1 heterocycles. The quantitative estimate of drug-likeness (QED) is 0.480. The molecular formula is C23H25F3N4O2S. The van der Waals surface area contributed by atoms with Crippen molar-refractivity contribution in [3.8, 4) is 0 Å². The number of benzene rings is 2. The predicted molar refractivity (Wildman–Crippen MR) is 123 cm³/mol. The van der Waals surface area contributed by atoms with Crippen molar-refractivity contribution < 1.29 is 22.2 Å². The van der Waals surface area contributed by atoms with Crippen LogP contribution in [0.4, 0.5) is 18.9 Å². The number of hydrogen-bond acceptors (Lipinski definition) is 4. The third-order valence-corrected chi connectivity index (χ3v) is 5.96. The van der Waals surface area contributed by atoms with Gasteiger partial charge in [0.15, 0.2) is 0 Å². The van der Waals surface area contributed by atoms with Gasteiger partial charge in [-0.2, -0.15) is 13.2 Å². The Kier molecular flexibility index (Phi) is 8.04. The molecule has 0 bridgehead atoms. The summed E-state index contributed by atoms with van der Waals surface area (Å²) in [6, 6.07) is 13.1. The molecule has 3 aromatic rings. The van der Waals surface area contributed by atoms with Gasteiger partial charge in [-0.05, 0) is 63.5 Å². The first kappa shape index (κ1) is 24.7. The van der Waals surface area contributed by atoms with Crippen molar-refractivity contribution in [2.75, 3.05) is 25.4 Å². The molecule has 2 aromatic carbocycles. The van der Waals surface area contributed by atoms with Crippen molar-refractivity contribution in [2.24, 2.45) is 0 Å². The molecule has 0 radical (unpaired) electrons. The average molecular weight is 479 g/mol. The highest BCUT2D eigenvalue weighted by atomic mass is 32.2. The molecule has 1 amide bonds. The summed E-state index contributed by atoms with van der Waals surface area (Å²) in [5.74, 6) is -0.0615. The molecule has 10 heteroatoms. The van der Waals surface area contributed by atoms with Crippen molar-refractivity contribution >= 4 is 33.5 Å². The number of carbonyl (C=O) groups is 1. The molecule has 0 aliphatic carbocycles. The molecule has 0 spiro atoms. The van der Waals surface area contributed by atoms with Crippen molar-refractivity contribution in [3.63, 3.8) is 0 Å². The largest absolute Gasteiger partial charge is 0.416 e. The van der Waals surface area contributed by atoms with Gasteiger partial charge in [0.1, 0.15) is 11.0 Å². The fourth-order valence-corrected chi connectivity index (χ4v) is 3.99. The maximum atomic E-state index is 12.8. The first-order chi connectivity index (χ1) is 15.6. The third kappa shape index (κ3) is 7.00. The second-order valence-corrected chi connectivity index (χ2v) is 8.97. The van der Waals surface area contributed by atoms with Crippen molar-refractivity contribution in [1.82, 2.24) is 15.2 Å². The number of nitrogens with one attached hydrogen (secondary N) is 2. The Hall–Kier alpha value is -2.98. The Morgan fingerprint density at radius 1 is 1.06 bits per heavy atom. The fraction of sp³-hybridized carbons (Fsp3) is 0.304. The highest BCUT2D eigenvalue weighted by Gasteiger charge is 2.30. The number of aromatic nitrogens is 1. The molecule has 33 heavy (non-hydrogen) atoms. The number of rotatable bonds is 9. The van der Waals surface area contributed by atoms with E-state index in [-0.39, 0.29) is 17.3 Å². The van der Waals surface area contributed by atoms with Crippen LogP contribution in [0.1, 0.15) is 24.1 Å². The number of pyridine rings is 1. The van der Waals surface area contributed by atoms with Gasteiger partial charge in [0.05, 0.1) is 33.9 Å². The summed E-state index contributed by atoms with van der Waals surface area (Å²) < 4.78 is 53.8. The minimum Gasteiger partial charge on any atom is -0.350 e. The number of carbonyl (C=O) groups excluding carboxylic acids is 1. The summed E-state index contributed by atoms with van der Waals surface area (Å²) in [5.41, 5.74) is 0.864. The van der Waals surface area contributed by atoms with Gasteiger partial charge in [-0.15, -0.1) is 0 Å². The zero-order chi connectivity index (χ0) is 24.0. The van der Waals surface area contributed by atoms with Gasteiger partial charge < -0.3 is 10.2 Å². The molecular weight excluding hydrogens is 453 g/mol. The van der Waals surface area contributed by atoms with Crippen LogP contribution in [0.25, 0.3) is 10.9 Å². The summed E-state index contributed by atoms with van der Waals surface area (Å²) >= 11 is 0. The third-order valence-electron chi connectivity index (χ3n) is 4.85. The number of hydrogen-bond donors (Lipinski definition) is 2. The van der Waals surface area contributed by atoms with E-state index >= 15 is 0 Å². The van der Waals surface area contributed by atoms with Crippen LogP contribution in [0.5, 0.6) is 0 Å². The van der Waals surface area contributed by atoms with Gasteiger partial charge in [0, 0.05) is 11.8 Å². The molecule has 6 nitrogen and oxygen atoms in total. The molecule has 1 unspecified atom stereocenters. The zero-order valence-electron chi connectivity index (χ0n) is 18.3. The number of nitrogens with zero attached hydrogens (tertiary/aromatic N) is 2. The second-order valence-electron chi connectivity index (χ2n) is 7.76. The molecule has 0 fully saturated rings. The summed E-state index contributed by atoms with van der Waals surface area (Å²) in [6.07, 6.45) is -3.27. The van der Waals surface area contributed by atoms with Crippen molar-refractivity contribution in [3.05, 3.63) is 65.9 Å². The predicted octanol–water partition coefficient (Wildman–Crippen LogP) is 4.35. The molecule has 0 aliphatic rings. The van der Waals surface area contributed by atoms with Crippen LogP contribution in [-0.4, -0.2) is 40.6 Å². The number of para-hydroxylation sites is 1. The molecule has 0 aliphatic heterocycles. The summed E-state index contributed by atoms with van der Waals surface area (Å²) in [4.78, 5) is 18.8. The summed E-state index contributed by atoms with van der Waals surface area (Å²) in [7, 11) is 2.12. The lowest BCUT2D eigenvalue weighted by Gasteiger charge is -2.12. The highest BCUT2D eigenvalue weighted by molar-refractivity contribution is 7.86. The first-order valence-corrected chi connectivity index (χ1v) is 11.4. The van der Waals surface area contributed by atoms with Gasteiger partial charge in [0.25, 0.3) is 0 Å². The maximum absolute atomic E-state index is 12.8. The van der Waals surface area contributed by atoms with Gasteiger partial charge in [-0.1, -0.05) is 18.2 Å². The lowest BCUT2D eigenvalue weighted by atomic mass is 10.1. The number of fused-ring (bicyclic) bond motifs is 1. The Balaban J connectivity index is 1.70. The molecule has 176 valence electrons. The van der Waals surface area contributed by atoms with Gasteiger partial charge in [0.2, 0.25) is 5.91 Å². The van der Waals surface area contributed by atoms with Crippen LogP contribution in [0.15, 0.2) is 59.5 Å². The molecule has 2 N–H and O–H groups in total. The Morgan fingerprint density at radius 3 is 2.45 bits per heavy atom. The molecule has 0 saturated heterocycles. The van der Waals surface area contributed by atoms with E-state index in [2.05, 4.69) is 15.0 Å². The summed E-state index contributed by atoms with van der Waals surface area (Å²) in [6.45, 7) is 1.08. The maximum Gasteiger partial charge on any atom is 0.416 e. The van der Waals surface area contributed by atoms with Gasteiger partial charge >= 0.3 is 6.18 Å². The van der Waals surface area contributed by atoms with Crippen molar-refractivity contribution in [2.45, 2.75) is 30.5 Å². The number of amides is 1. The molecule has 1 atom stereocenters. The van der Waals surface area contributed by atoms with E-state index in [0.717, 1.165) is 30.5 Å². The second kappa shape index (κ2) is 10.8. The normalized spacial score (nSPS) is 12.7. The van der Waals surface area contributed by atoms with E-state index in [1.165, 1.54) is 12.1 Å². The summed E-state index contributed by atoms with van der Waals surface area (Å²) in [5, 5.41) is 3.65. The monoisotopic (exact) mass is 478 g/mol. The average Bonchev–Trinajstić information content (AvgIpc) is 2.77. The van der Waals surface area contributed by atoms with E-state index < -0.39 is 22.7 Å². The minimum absolute atomic E-state index is 0.0615. The van der Waals surface area contributed by atoms with E-state index in [4.69, 9.17) is 0 Å². The van der Waals surface area contributed by atoms with Gasteiger partial charge in [-0.25, -0.2) is 9.19 Å². The van der Waals surface area contributed by atoms with Crippen LogP contribution < -0.4 is 10.0 Å². The van der Waals surface area contributed by atoms with E-state index in [0.29, 0.717) is 23.3 Å². The number of alkyl halides is 3. The molecule has 1 aromatic heterocycles. The lowest BCUT2D eigenvalue weighted by molar-refractivity contribution is -0.137. The topological polar surface area (TPSA) is 74.3 Å². The number of halogens is 3. The SMILES string of the molecule is CN(C)CCCC(=O)NCc1ccc2cccc(NS(=O)c3ccc(C(F)(F)F)cc3)c2n1. The van der Waals surface area contributed by atoms with E-state index in [1.54, 1.807) is 18.2 Å². The smallest absolute Gasteiger partial charge is 0.350 e. The zero-order valence-corrected chi connectivity index (χ0v) is 19.1. The van der Waals surface area contributed by atoms with Crippen LogP contribution in [-0.2, 0) is 28.5 Å². The Bertz CT molecular complexity index is 1130. The van der Waals surface area contributed by atoms with Crippen LogP contribution in [0.2, 0.25) is 0 Å². The van der Waals surface area contributed by atoms with Crippen molar-refractivity contribution in [1.29, 1.82) is 0 Å².